The highest BCUT2D eigenvalue weighted by atomic mass is 16.7. The molecule has 1 aliphatic heterocycles. The van der Waals surface area contributed by atoms with Gasteiger partial charge in [0.1, 0.15) is 17.3 Å². The van der Waals surface area contributed by atoms with E-state index in [1.54, 1.807) is 0 Å². The average molecular weight is 472 g/mol. The van der Waals surface area contributed by atoms with Gasteiger partial charge in [-0.1, -0.05) is 0 Å². The SMILES string of the molecule is OCC1C(OC23CC4(O)CC5C2C2C6CC(O)(CC2(O)C5(O)C4)CC63O)OC(O)C(O)C1O. The number of hydrogen-bond acceptors (Lipinski definition) is 11. The molecule has 0 aromatic carbocycles. The highest BCUT2D eigenvalue weighted by molar-refractivity contribution is 5.42. The molecule has 0 amide bonds. The lowest BCUT2D eigenvalue weighted by Crippen LogP contribution is -2.67. The molecule has 0 aromatic heterocycles. The first-order valence-electron chi connectivity index (χ1n) is 11.9. The van der Waals surface area contributed by atoms with Crippen LogP contribution in [0.3, 0.4) is 0 Å². The van der Waals surface area contributed by atoms with Gasteiger partial charge < -0.3 is 55.4 Å². The predicted octanol–water partition coefficient (Wildman–Crippen LogP) is -3.71. The Kier molecular flexibility index (Phi) is 3.80. The summed E-state index contributed by atoms with van der Waals surface area (Å²) >= 11 is 0. The molecule has 4 bridgehead atoms. The lowest BCUT2D eigenvalue weighted by Gasteiger charge is -2.55. The molecule has 11 nitrogen and oxygen atoms in total. The van der Waals surface area contributed by atoms with E-state index in [0.717, 1.165) is 0 Å². The van der Waals surface area contributed by atoms with Crippen LogP contribution in [0.15, 0.2) is 0 Å². The van der Waals surface area contributed by atoms with Crippen molar-refractivity contribution in [3.8, 4) is 0 Å². The molecule has 15 unspecified atom stereocenters. The highest BCUT2D eigenvalue weighted by Gasteiger charge is 2.93. The predicted molar refractivity (Wildman–Crippen MR) is 104 cm³/mol. The summed E-state index contributed by atoms with van der Waals surface area (Å²) in [5.74, 6) is -3.50. The van der Waals surface area contributed by atoms with E-state index in [-0.39, 0.29) is 38.5 Å². The van der Waals surface area contributed by atoms with Crippen molar-refractivity contribution in [1.82, 2.24) is 0 Å². The van der Waals surface area contributed by atoms with E-state index < -0.39 is 94.6 Å². The summed E-state index contributed by atoms with van der Waals surface area (Å²) in [7, 11) is 0. The average Bonchev–Trinajstić information content (AvgIpc) is 3.22. The van der Waals surface area contributed by atoms with Crippen LogP contribution in [0.2, 0.25) is 0 Å². The second-order valence-corrected chi connectivity index (χ2v) is 12.3. The molecule has 11 heteroatoms. The number of aliphatic hydroxyl groups is 9. The van der Waals surface area contributed by atoms with Crippen molar-refractivity contribution in [3.63, 3.8) is 0 Å². The third-order valence-electron chi connectivity index (χ3n) is 10.9. The minimum Gasteiger partial charge on any atom is -0.396 e. The van der Waals surface area contributed by atoms with Crippen LogP contribution in [-0.4, -0.2) is 111 Å². The second-order valence-electron chi connectivity index (χ2n) is 12.3. The van der Waals surface area contributed by atoms with E-state index in [1.165, 1.54) is 0 Å². The van der Waals surface area contributed by atoms with Crippen molar-refractivity contribution >= 4 is 0 Å². The van der Waals surface area contributed by atoms with Gasteiger partial charge in [0.15, 0.2) is 12.6 Å². The monoisotopic (exact) mass is 472 g/mol. The van der Waals surface area contributed by atoms with E-state index in [0.29, 0.717) is 0 Å². The van der Waals surface area contributed by atoms with E-state index in [1.807, 2.05) is 0 Å². The fourth-order valence-corrected chi connectivity index (χ4v) is 10.1. The Labute approximate surface area is 189 Å². The van der Waals surface area contributed by atoms with Crippen LogP contribution in [0.4, 0.5) is 0 Å². The van der Waals surface area contributed by atoms with Crippen molar-refractivity contribution in [1.29, 1.82) is 0 Å². The fraction of sp³-hybridized carbons (Fsp3) is 1.00. The maximum atomic E-state index is 12.2. The van der Waals surface area contributed by atoms with Crippen LogP contribution in [0.1, 0.15) is 38.5 Å². The van der Waals surface area contributed by atoms with Gasteiger partial charge in [-0.05, 0) is 24.7 Å². The Morgan fingerprint density at radius 2 is 1.30 bits per heavy atom. The van der Waals surface area contributed by atoms with Gasteiger partial charge in [-0.3, -0.25) is 0 Å². The summed E-state index contributed by atoms with van der Waals surface area (Å²) < 4.78 is 11.9. The normalized spacial score (nSPS) is 71.0. The molecule has 7 fully saturated rings. The summed E-state index contributed by atoms with van der Waals surface area (Å²) in [6.45, 7) is -0.646. The van der Waals surface area contributed by atoms with Gasteiger partial charge in [0, 0.05) is 37.5 Å². The lowest BCUT2D eigenvalue weighted by molar-refractivity contribution is -0.380. The van der Waals surface area contributed by atoms with Crippen molar-refractivity contribution < 1.29 is 55.4 Å². The Balaban J connectivity index is 1.40. The van der Waals surface area contributed by atoms with Gasteiger partial charge in [0.05, 0.1) is 41.0 Å². The number of aliphatic hydroxyl groups excluding tert-OH is 4. The third-order valence-corrected chi connectivity index (χ3v) is 10.9. The summed E-state index contributed by atoms with van der Waals surface area (Å²) in [5, 5.41) is 99.2. The molecule has 9 N–H and O–H groups in total. The van der Waals surface area contributed by atoms with Crippen LogP contribution in [0.5, 0.6) is 0 Å². The van der Waals surface area contributed by atoms with Gasteiger partial charge in [-0.2, -0.15) is 0 Å². The molecule has 0 spiro atoms. The summed E-state index contributed by atoms with van der Waals surface area (Å²) in [5.41, 5.74) is -9.47. The topological polar surface area (TPSA) is 201 Å². The molecule has 6 saturated carbocycles. The molecule has 0 aromatic rings. The van der Waals surface area contributed by atoms with Crippen LogP contribution in [0, 0.1) is 29.6 Å². The molecule has 1 heterocycles. The van der Waals surface area contributed by atoms with Gasteiger partial charge in [0.2, 0.25) is 0 Å². The molecule has 186 valence electrons. The number of hydrogen-bond donors (Lipinski definition) is 9. The zero-order valence-electron chi connectivity index (χ0n) is 18.0. The summed E-state index contributed by atoms with van der Waals surface area (Å²) in [4.78, 5) is 0. The quantitative estimate of drug-likeness (QED) is 0.196. The largest absolute Gasteiger partial charge is 0.396 e. The smallest absolute Gasteiger partial charge is 0.186 e. The third kappa shape index (κ3) is 2.10. The Hall–Kier alpha value is -0.440. The van der Waals surface area contributed by atoms with E-state index in [2.05, 4.69) is 0 Å². The zero-order chi connectivity index (χ0) is 23.6. The minimum atomic E-state index is -1.80. The molecular weight excluding hydrogens is 440 g/mol. The molecule has 33 heavy (non-hydrogen) atoms. The standard InChI is InChI=1S/C22H32O11/c23-3-8-13(24)14(25)15(26)32-16(8)33-22-7-18(28)2-10-12(22)11-9-1-17(27,5-20(9,22)30)6-21(11,31)19(10,29)4-18/h8-16,23-31H,1-7H2. The lowest BCUT2D eigenvalue weighted by atomic mass is 9.60. The van der Waals surface area contributed by atoms with Crippen LogP contribution in [-0.2, 0) is 9.47 Å². The number of rotatable bonds is 3. The molecule has 7 aliphatic rings. The van der Waals surface area contributed by atoms with E-state index >= 15 is 0 Å². The number of ether oxygens (including phenoxy) is 2. The van der Waals surface area contributed by atoms with E-state index in [9.17, 15) is 46.0 Å². The molecular formula is C22H32O11. The van der Waals surface area contributed by atoms with Gasteiger partial charge in [0.25, 0.3) is 0 Å². The maximum Gasteiger partial charge on any atom is 0.186 e. The van der Waals surface area contributed by atoms with Crippen molar-refractivity contribution in [2.45, 2.75) is 96.9 Å². The van der Waals surface area contributed by atoms with Crippen molar-refractivity contribution in [2.24, 2.45) is 29.6 Å². The van der Waals surface area contributed by atoms with Crippen LogP contribution in [0.25, 0.3) is 0 Å². The molecule has 6 aliphatic carbocycles. The molecule has 7 rings (SSSR count). The van der Waals surface area contributed by atoms with Crippen molar-refractivity contribution in [2.75, 3.05) is 6.61 Å². The van der Waals surface area contributed by atoms with Crippen molar-refractivity contribution in [3.05, 3.63) is 0 Å². The van der Waals surface area contributed by atoms with Crippen LogP contribution < -0.4 is 0 Å². The molecule has 15 atom stereocenters. The number of fused-ring (bicyclic) bond motifs is 4. The zero-order valence-corrected chi connectivity index (χ0v) is 18.0. The minimum absolute atomic E-state index is 0.0914. The van der Waals surface area contributed by atoms with E-state index in [4.69, 9.17) is 9.47 Å². The first-order chi connectivity index (χ1) is 15.3. The maximum absolute atomic E-state index is 12.2. The summed E-state index contributed by atoms with van der Waals surface area (Å²) in [6, 6.07) is 0. The van der Waals surface area contributed by atoms with Gasteiger partial charge in [-0.15, -0.1) is 0 Å². The summed E-state index contributed by atoms with van der Waals surface area (Å²) in [6.07, 6.45) is -6.47. The van der Waals surface area contributed by atoms with Gasteiger partial charge >= 0.3 is 0 Å². The first-order valence-corrected chi connectivity index (χ1v) is 11.9. The van der Waals surface area contributed by atoms with Crippen LogP contribution >= 0.6 is 0 Å². The first kappa shape index (κ1) is 21.8. The molecule has 0 radical (unpaired) electrons. The Morgan fingerprint density at radius 3 is 1.97 bits per heavy atom. The fourth-order valence-electron chi connectivity index (χ4n) is 10.1. The highest BCUT2D eigenvalue weighted by Crippen LogP contribution is 2.83. The second kappa shape index (κ2) is 5.76. The Bertz CT molecular complexity index is 919. The Morgan fingerprint density at radius 1 is 0.727 bits per heavy atom. The molecule has 1 saturated heterocycles. The van der Waals surface area contributed by atoms with Gasteiger partial charge in [-0.25, -0.2) is 0 Å².